The van der Waals surface area contributed by atoms with Gasteiger partial charge in [-0.1, -0.05) is 95.5 Å². The van der Waals surface area contributed by atoms with Gasteiger partial charge in [0.2, 0.25) is 0 Å². The van der Waals surface area contributed by atoms with Crippen molar-refractivity contribution in [3.8, 4) is 0 Å². The second kappa shape index (κ2) is 15.9. The van der Waals surface area contributed by atoms with Crippen molar-refractivity contribution in [1.29, 1.82) is 0 Å². The zero-order valence-corrected chi connectivity index (χ0v) is 17.2. The van der Waals surface area contributed by atoms with Gasteiger partial charge >= 0.3 is 5.97 Å². The van der Waals surface area contributed by atoms with Crippen molar-refractivity contribution >= 4 is 5.97 Å². The molecule has 0 bridgehead atoms. The summed E-state index contributed by atoms with van der Waals surface area (Å²) in [7, 11) is 0. The van der Waals surface area contributed by atoms with E-state index >= 15 is 0 Å². The normalized spacial score (nSPS) is 11.0. The molecular weight excluding hydrogens is 320 g/mol. The minimum atomic E-state index is 0.0534. The van der Waals surface area contributed by atoms with Gasteiger partial charge in [0, 0.05) is 0 Å². The van der Waals surface area contributed by atoms with Crippen LogP contribution in [0.3, 0.4) is 0 Å². The van der Waals surface area contributed by atoms with Crippen molar-refractivity contribution in [2.75, 3.05) is 6.61 Å². The molecule has 0 radical (unpaired) electrons. The van der Waals surface area contributed by atoms with E-state index < -0.39 is 0 Å². The average Bonchev–Trinajstić information content (AvgIpc) is 2.67. The van der Waals surface area contributed by atoms with Crippen LogP contribution in [0.15, 0.2) is 30.3 Å². The molecule has 2 nitrogen and oxygen atoms in total. The standard InChI is InChI=1S/C24H40O2/c1-3-5-7-12-19-23(20-13-8-6-4-2)24(25)26-21-15-14-18-22-16-10-9-11-17-22/h9-11,16-17,23H,3-8,12-15,18-21H2,1-2H3. The fourth-order valence-electron chi connectivity index (χ4n) is 3.38. The lowest BCUT2D eigenvalue weighted by molar-refractivity contribution is -0.149. The van der Waals surface area contributed by atoms with Gasteiger partial charge in [0.1, 0.15) is 0 Å². The summed E-state index contributed by atoms with van der Waals surface area (Å²) in [6, 6.07) is 10.5. The van der Waals surface area contributed by atoms with E-state index in [1.165, 1.54) is 44.1 Å². The van der Waals surface area contributed by atoms with Crippen LogP contribution in [-0.2, 0) is 16.0 Å². The van der Waals surface area contributed by atoms with Crippen molar-refractivity contribution in [2.24, 2.45) is 5.92 Å². The van der Waals surface area contributed by atoms with Crippen LogP contribution in [0.25, 0.3) is 0 Å². The van der Waals surface area contributed by atoms with E-state index in [0.717, 1.165) is 44.9 Å². The van der Waals surface area contributed by atoms with Gasteiger partial charge in [0.25, 0.3) is 0 Å². The third kappa shape index (κ3) is 11.3. The predicted molar refractivity (Wildman–Crippen MR) is 111 cm³/mol. The maximum Gasteiger partial charge on any atom is 0.308 e. The number of unbranched alkanes of at least 4 members (excludes halogenated alkanes) is 7. The molecule has 0 saturated carbocycles. The highest BCUT2D eigenvalue weighted by atomic mass is 16.5. The van der Waals surface area contributed by atoms with Gasteiger partial charge in [-0.05, 0) is 37.7 Å². The van der Waals surface area contributed by atoms with Crippen LogP contribution < -0.4 is 0 Å². The molecule has 0 heterocycles. The maximum absolute atomic E-state index is 12.5. The van der Waals surface area contributed by atoms with Crippen LogP contribution in [0.5, 0.6) is 0 Å². The van der Waals surface area contributed by atoms with Crippen molar-refractivity contribution in [3.63, 3.8) is 0 Å². The third-order valence-electron chi connectivity index (χ3n) is 5.09. The lowest BCUT2D eigenvalue weighted by Crippen LogP contribution is -2.18. The highest BCUT2D eigenvalue weighted by Gasteiger charge is 2.19. The first-order chi connectivity index (χ1) is 12.8. The molecule has 0 atom stereocenters. The van der Waals surface area contributed by atoms with Crippen molar-refractivity contribution in [1.82, 2.24) is 0 Å². The largest absolute Gasteiger partial charge is 0.465 e. The minimum absolute atomic E-state index is 0.0534. The Morgan fingerprint density at radius 1 is 0.808 bits per heavy atom. The highest BCUT2D eigenvalue weighted by molar-refractivity contribution is 5.72. The van der Waals surface area contributed by atoms with E-state index in [1.54, 1.807) is 0 Å². The van der Waals surface area contributed by atoms with Crippen LogP contribution in [0.1, 0.15) is 96.5 Å². The smallest absolute Gasteiger partial charge is 0.308 e. The first kappa shape index (κ1) is 22.7. The fraction of sp³-hybridized carbons (Fsp3) is 0.708. The molecule has 1 aromatic carbocycles. The number of hydrogen-bond donors (Lipinski definition) is 0. The lowest BCUT2D eigenvalue weighted by Gasteiger charge is -2.16. The van der Waals surface area contributed by atoms with Gasteiger partial charge in [-0.2, -0.15) is 0 Å². The Morgan fingerprint density at radius 2 is 1.42 bits per heavy atom. The summed E-state index contributed by atoms with van der Waals surface area (Å²) in [4.78, 5) is 12.5. The van der Waals surface area contributed by atoms with Crippen LogP contribution in [0.4, 0.5) is 0 Å². The average molecular weight is 361 g/mol. The van der Waals surface area contributed by atoms with E-state index in [1.807, 2.05) is 6.07 Å². The summed E-state index contributed by atoms with van der Waals surface area (Å²) in [5.74, 6) is 0.176. The number of hydrogen-bond acceptors (Lipinski definition) is 2. The number of rotatable bonds is 16. The summed E-state index contributed by atoms with van der Waals surface area (Å²) < 4.78 is 5.62. The molecule has 0 unspecified atom stereocenters. The number of benzene rings is 1. The Kier molecular flexibility index (Phi) is 13.9. The molecule has 1 aromatic rings. The highest BCUT2D eigenvalue weighted by Crippen LogP contribution is 2.20. The zero-order chi connectivity index (χ0) is 18.9. The second-order valence-corrected chi connectivity index (χ2v) is 7.51. The summed E-state index contributed by atoms with van der Waals surface area (Å²) in [5, 5.41) is 0. The Balaban J connectivity index is 2.23. The summed E-state index contributed by atoms with van der Waals surface area (Å²) in [6.45, 7) is 5.03. The van der Waals surface area contributed by atoms with E-state index in [9.17, 15) is 4.79 Å². The fourth-order valence-corrected chi connectivity index (χ4v) is 3.38. The van der Waals surface area contributed by atoms with Crippen molar-refractivity contribution in [2.45, 2.75) is 97.3 Å². The zero-order valence-electron chi connectivity index (χ0n) is 17.2. The monoisotopic (exact) mass is 360 g/mol. The van der Waals surface area contributed by atoms with Gasteiger partial charge < -0.3 is 4.74 Å². The summed E-state index contributed by atoms with van der Waals surface area (Å²) in [6.07, 6.45) is 15.0. The molecular formula is C24H40O2. The maximum atomic E-state index is 12.5. The van der Waals surface area contributed by atoms with Crippen molar-refractivity contribution < 1.29 is 9.53 Å². The number of ether oxygens (including phenoxy) is 1. The van der Waals surface area contributed by atoms with Gasteiger partial charge in [0.05, 0.1) is 12.5 Å². The molecule has 0 fully saturated rings. The molecule has 0 aliphatic heterocycles. The number of carbonyl (C=O) groups is 1. The van der Waals surface area contributed by atoms with Gasteiger partial charge in [0.15, 0.2) is 0 Å². The van der Waals surface area contributed by atoms with Crippen LogP contribution >= 0.6 is 0 Å². The first-order valence-corrected chi connectivity index (χ1v) is 11.0. The Labute approximate surface area is 161 Å². The molecule has 0 saturated heterocycles. The predicted octanol–water partition coefficient (Wildman–Crippen LogP) is 7.11. The topological polar surface area (TPSA) is 26.3 Å². The van der Waals surface area contributed by atoms with Crippen molar-refractivity contribution in [3.05, 3.63) is 35.9 Å². The molecule has 0 aliphatic carbocycles. The molecule has 148 valence electrons. The SMILES string of the molecule is CCCCCCC(CCCCCC)C(=O)OCCCCc1ccccc1. The lowest BCUT2D eigenvalue weighted by atomic mass is 9.94. The Hall–Kier alpha value is -1.31. The van der Waals surface area contributed by atoms with E-state index in [4.69, 9.17) is 4.74 Å². The number of aryl methyl sites for hydroxylation is 1. The summed E-state index contributed by atoms with van der Waals surface area (Å²) in [5.41, 5.74) is 1.36. The van der Waals surface area contributed by atoms with E-state index in [-0.39, 0.29) is 11.9 Å². The quantitative estimate of drug-likeness (QED) is 0.232. The molecule has 0 amide bonds. The van der Waals surface area contributed by atoms with Crippen LogP contribution in [-0.4, -0.2) is 12.6 Å². The molecule has 0 N–H and O–H groups in total. The number of carbonyl (C=O) groups excluding carboxylic acids is 1. The molecule has 0 aromatic heterocycles. The molecule has 2 heteroatoms. The minimum Gasteiger partial charge on any atom is -0.465 e. The number of esters is 1. The molecule has 0 spiro atoms. The van der Waals surface area contributed by atoms with Gasteiger partial charge in [-0.3, -0.25) is 4.79 Å². The van der Waals surface area contributed by atoms with Gasteiger partial charge in [-0.25, -0.2) is 0 Å². The molecule has 0 aliphatic rings. The first-order valence-electron chi connectivity index (χ1n) is 11.0. The van der Waals surface area contributed by atoms with Gasteiger partial charge in [-0.15, -0.1) is 0 Å². The van der Waals surface area contributed by atoms with Crippen LogP contribution in [0, 0.1) is 5.92 Å². The third-order valence-corrected chi connectivity index (χ3v) is 5.09. The second-order valence-electron chi connectivity index (χ2n) is 7.51. The molecule has 26 heavy (non-hydrogen) atoms. The Bertz CT molecular complexity index is 429. The molecule has 1 rings (SSSR count). The van der Waals surface area contributed by atoms with Crippen LogP contribution in [0.2, 0.25) is 0 Å². The van der Waals surface area contributed by atoms with E-state index in [0.29, 0.717) is 6.61 Å². The summed E-state index contributed by atoms with van der Waals surface area (Å²) >= 11 is 0. The Morgan fingerprint density at radius 3 is 2.00 bits per heavy atom. The van der Waals surface area contributed by atoms with E-state index in [2.05, 4.69) is 38.1 Å².